The van der Waals surface area contributed by atoms with Crippen LogP contribution in [0.5, 0.6) is 5.75 Å². The van der Waals surface area contributed by atoms with Gasteiger partial charge in [-0.15, -0.1) is 11.3 Å². The summed E-state index contributed by atoms with van der Waals surface area (Å²) in [5.41, 5.74) is 1.33. The highest BCUT2D eigenvalue weighted by Gasteiger charge is 2.34. The minimum absolute atomic E-state index is 0.0341. The second kappa shape index (κ2) is 10.9. The number of alkyl halides is 3. The molecule has 2 heterocycles. The lowest BCUT2D eigenvalue weighted by molar-refractivity contribution is -0.145. The molecule has 0 radical (unpaired) electrons. The Morgan fingerprint density at radius 3 is 2.41 bits per heavy atom. The van der Waals surface area contributed by atoms with Crippen LogP contribution < -0.4 is 10.1 Å². The normalized spacial score (nSPS) is 12.6. The molecule has 0 aliphatic carbocycles. The van der Waals surface area contributed by atoms with E-state index in [9.17, 15) is 18.0 Å². The van der Waals surface area contributed by atoms with Crippen molar-refractivity contribution in [1.29, 1.82) is 0 Å². The van der Waals surface area contributed by atoms with Gasteiger partial charge in [0.2, 0.25) is 5.82 Å². The molecular formula is C23H25F3N4O3S. The molecule has 11 heteroatoms. The van der Waals surface area contributed by atoms with Gasteiger partial charge in [0.15, 0.2) is 0 Å². The van der Waals surface area contributed by atoms with Crippen LogP contribution in [0.4, 0.5) is 13.2 Å². The van der Waals surface area contributed by atoms with Gasteiger partial charge < -0.3 is 15.2 Å². The summed E-state index contributed by atoms with van der Waals surface area (Å²) in [5, 5.41) is 12.6. The predicted octanol–water partition coefficient (Wildman–Crippen LogP) is 4.82. The van der Waals surface area contributed by atoms with E-state index in [-0.39, 0.29) is 19.3 Å². The number of nitrogens with one attached hydrogen (secondary N) is 1. The van der Waals surface area contributed by atoms with Gasteiger partial charge in [-0.25, -0.2) is 15.0 Å². The molecule has 0 unspecified atom stereocenters. The molecule has 0 saturated heterocycles. The summed E-state index contributed by atoms with van der Waals surface area (Å²) >= 11 is 1.52. The number of rotatable bonds is 9. The van der Waals surface area contributed by atoms with Crippen LogP contribution in [0, 0.1) is 0 Å². The maximum absolute atomic E-state index is 12.9. The van der Waals surface area contributed by atoms with Crippen molar-refractivity contribution < 1.29 is 27.8 Å². The highest BCUT2D eigenvalue weighted by Crippen LogP contribution is 2.33. The summed E-state index contributed by atoms with van der Waals surface area (Å²) in [6.45, 7) is 5.86. The molecule has 3 rings (SSSR count). The maximum atomic E-state index is 12.9. The minimum atomic E-state index is -4.63. The third kappa shape index (κ3) is 6.73. The first-order chi connectivity index (χ1) is 16.1. The van der Waals surface area contributed by atoms with Crippen LogP contribution in [0.15, 0.2) is 36.8 Å². The molecule has 0 aliphatic heterocycles. The van der Waals surface area contributed by atoms with Gasteiger partial charge in [-0.05, 0) is 31.0 Å². The number of aromatic nitrogens is 3. The smallest absolute Gasteiger partial charge is 0.451 e. The van der Waals surface area contributed by atoms with Crippen molar-refractivity contribution in [3.05, 3.63) is 58.6 Å². The van der Waals surface area contributed by atoms with E-state index in [1.54, 1.807) is 24.4 Å². The first-order valence-electron chi connectivity index (χ1n) is 10.6. The molecule has 0 bridgehead atoms. The Morgan fingerprint density at radius 1 is 1.12 bits per heavy atom. The largest absolute Gasteiger partial charge is 0.491 e. The molecule has 3 aromatic rings. The van der Waals surface area contributed by atoms with Crippen LogP contribution >= 0.6 is 11.3 Å². The second-order valence-electron chi connectivity index (χ2n) is 8.00. The number of ether oxygens (including phenoxy) is 1. The summed E-state index contributed by atoms with van der Waals surface area (Å²) in [5.74, 6) is -0.924. The highest BCUT2D eigenvalue weighted by atomic mass is 32.1. The molecular weight excluding hydrogens is 469 g/mol. The highest BCUT2D eigenvalue weighted by molar-refractivity contribution is 7.15. The molecule has 0 fully saturated rings. The van der Waals surface area contributed by atoms with Crippen LogP contribution in [0.3, 0.4) is 0 Å². The fourth-order valence-electron chi connectivity index (χ4n) is 2.96. The van der Waals surface area contributed by atoms with Crippen LogP contribution in [-0.2, 0) is 12.7 Å². The van der Waals surface area contributed by atoms with Crippen LogP contribution in [0.2, 0.25) is 0 Å². The van der Waals surface area contributed by atoms with E-state index >= 15 is 0 Å². The van der Waals surface area contributed by atoms with Gasteiger partial charge in [0, 0.05) is 59.7 Å². The molecule has 0 saturated carbocycles. The summed E-state index contributed by atoms with van der Waals surface area (Å²) in [6.07, 6.45) is -0.619. The summed E-state index contributed by atoms with van der Waals surface area (Å²) in [7, 11) is 0. The lowest BCUT2D eigenvalue weighted by Crippen LogP contribution is -2.23. The topological polar surface area (TPSA) is 97.2 Å². The fourth-order valence-corrected chi connectivity index (χ4v) is 3.86. The lowest BCUT2D eigenvalue weighted by atomic mass is 10.1. The SMILES string of the molecule is CC(C)c1cnc(-c2cc(O[C@H](C)CCO)cc(C(=O)NCc3cnc(C(F)(F)F)nc3)c2)s1. The Kier molecular flexibility index (Phi) is 8.21. The van der Waals surface area contributed by atoms with E-state index in [1.807, 2.05) is 6.92 Å². The minimum Gasteiger partial charge on any atom is -0.491 e. The number of hydrogen-bond acceptors (Lipinski definition) is 7. The Bertz CT molecular complexity index is 1120. The Morgan fingerprint density at radius 2 is 1.82 bits per heavy atom. The molecule has 1 amide bonds. The third-order valence-corrected chi connectivity index (χ3v) is 6.14. The second-order valence-corrected chi connectivity index (χ2v) is 9.07. The number of benzene rings is 1. The third-order valence-electron chi connectivity index (χ3n) is 4.79. The standard InChI is InChI=1S/C23H25F3N4O3S/c1-13(2)19-12-28-21(34-19)17-6-16(7-18(8-17)33-14(3)4-5-31)20(32)27-9-15-10-29-22(30-11-15)23(24,25)26/h6-8,10-14,31H,4-5,9H2,1-3H3,(H,27,32)/t14-/m1/s1. The number of halogens is 3. The first-order valence-corrected chi connectivity index (χ1v) is 11.4. The maximum Gasteiger partial charge on any atom is 0.451 e. The molecule has 7 nitrogen and oxygen atoms in total. The Hall–Kier alpha value is -3.05. The average Bonchev–Trinajstić information content (AvgIpc) is 3.28. The van der Waals surface area contributed by atoms with E-state index in [2.05, 4.69) is 34.1 Å². The van der Waals surface area contributed by atoms with Crippen molar-refractivity contribution in [2.75, 3.05) is 6.61 Å². The van der Waals surface area contributed by atoms with Crippen molar-refractivity contribution >= 4 is 17.2 Å². The van der Waals surface area contributed by atoms with E-state index in [0.717, 1.165) is 22.3 Å². The predicted molar refractivity (Wildman–Crippen MR) is 122 cm³/mol. The number of carbonyl (C=O) groups excluding carboxylic acids is 1. The number of amides is 1. The monoisotopic (exact) mass is 494 g/mol. The van der Waals surface area contributed by atoms with Gasteiger partial charge in [-0.3, -0.25) is 4.79 Å². The number of carbonyl (C=O) groups is 1. The zero-order chi connectivity index (χ0) is 24.9. The summed E-state index contributed by atoms with van der Waals surface area (Å²) in [6, 6.07) is 5.05. The van der Waals surface area contributed by atoms with Gasteiger partial charge in [0.05, 0.1) is 6.10 Å². The van der Waals surface area contributed by atoms with Gasteiger partial charge in [0.1, 0.15) is 10.8 Å². The zero-order valence-corrected chi connectivity index (χ0v) is 19.7. The number of hydrogen-bond donors (Lipinski definition) is 2. The van der Waals surface area contributed by atoms with Crippen molar-refractivity contribution in [2.45, 2.75) is 51.9 Å². The Labute approximate surface area is 199 Å². The average molecular weight is 495 g/mol. The van der Waals surface area contributed by atoms with E-state index in [1.165, 1.54) is 11.3 Å². The quantitative estimate of drug-likeness (QED) is 0.443. The molecule has 1 aromatic carbocycles. The van der Waals surface area contributed by atoms with Crippen molar-refractivity contribution in [1.82, 2.24) is 20.3 Å². The fraction of sp³-hybridized carbons (Fsp3) is 0.391. The molecule has 0 spiro atoms. The summed E-state index contributed by atoms with van der Waals surface area (Å²) < 4.78 is 43.8. The molecule has 0 aliphatic rings. The van der Waals surface area contributed by atoms with E-state index in [0.29, 0.717) is 34.8 Å². The van der Waals surface area contributed by atoms with Gasteiger partial charge in [0.25, 0.3) is 5.91 Å². The molecule has 34 heavy (non-hydrogen) atoms. The van der Waals surface area contributed by atoms with Crippen LogP contribution in [-0.4, -0.2) is 38.7 Å². The molecule has 2 N–H and O–H groups in total. The van der Waals surface area contributed by atoms with Crippen LogP contribution in [0.25, 0.3) is 10.6 Å². The van der Waals surface area contributed by atoms with Crippen molar-refractivity contribution in [3.63, 3.8) is 0 Å². The Balaban J connectivity index is 1.82. The number of nitrogens with zero attached hydrogens (tertiary/aromatic N) is 3. The zero-order valence-electron chi connectivity index (χ0n) is 18.9. The van der Waals surface area contributed by atoms with Gasteiger partial charge >= 0.3 is 6.18 Å². The first kappa shape index (κ1) is 25.6. The molecule has 1 atom stereocenters. The van der Waals surface area contributed by atoms with E-state index in [4.69, 9.17) is 9.84 Å². The molecule has 182 valence electrons. The lowest BCUT2D eigenvalue weighted by Gasteiger charge is -2.15. The van der Waals surface area contributed by atoms with Gasteiger partial charge in [-0.1, -0.05) is 13.8 Å². The number of aliphatic hydroxyl groups excluding tert-OH is 1. The van der Waals surface area contributed by atoms with Crippen molar-refractivity contribution in [3.8, 4) is 16.3 Å². The van der Waals surface area contributed by atoms with Gasteiger partial charge in [-0.2, -0.15) is 13.2 Å². The molecule has 2 aromatic heterocycles. The van der Waals surface area contributed by atoms with Crippen molar-refractivity contribution in [2.24, 2.45) is 0 Å². The number of thiazole rings is 1. The van der Waals surface area contributed by atoms with E-state index < -0.39 is 17.9 Å². The van der Waals surface area contributed by atoms with Crippen LogP contribution in [0.1, 0.15) is 59.7 Å². The summed E-state index contributed by atoms with van der Waals surface area (Å²) in [4.78, 5) is 25.0. The number of aliphatic hydroxyl groups is 1.